The standard InChI is InChI=1S/C25H34ClNO8S/c1-5-18-17(12-25(31,36)13-34-27(32)33)10-11-19-14(2)8-6-7-9-15(3)35-24(30)16(4)22(28)21(26)23(29)20(18)19/h6-11,14-20,29,31,36H,5,12-13H2,1-4H3/b8-6-,9-7+,23-21?/t14-,15+,16+,17-,18-,19+,20+,25+/m1/s1. The summed E-state index contributed by atoms with van der Waals surface area (Å²) in [5, 5.41) is 31.1. The van der Waals surface area contributed by atoms with Crippen LogP contribution in [0, 0.1) is 45.6 Å². The van der Waals surface area contributed by atoms with Crippen LogP contribution in [-0.2, 0) is 19.2 Å². The van der Waals surface area contributed by atoms with Crippen molar-refractivity contribution in [3.63, 3.8) is 0 Å². The molecule has 9 nitrogen and oxygen atoms in total. The first kappa shape index (κ1) is 29.9. The first-order chi connectivity index (χ1) is 16.8. The molecule has 8 atom stereocenters. The summed E-state index contributed by atoms with van der Waals surface area (Å²) in [5.74, 6) is -4.71. The van der Waals surface area contributed by atoms with Crippen LogP contribution in [0.2, 0.25) is 0 Å². The summed E-state index contributed by atoms with van der Waals surface area (Å²) in [6.45, 7) is 6.29. The first-order valence-electron chi connectivity index (χ1n) is 11.9. The van der Waals surface area contributed by atoms with Gasteiger partial charge in [-0.1, -0.05) is 62.2 Å². The van der Waals surface area contributed by atoms with Crippen molar-refractivity contribution < 1.29 is 34.5 Å². The van der Waals surface area contributed by atoms with Gasteiger partial charge in [-0.15, -0.1) is 22.7 Å². The molecule has 0 radical (unpaired) electrons. The molecule has 2 rings (SSSR count). The van der Waals surface area contributed by atoms with Gasteiger partial charge in [0, 0.05) is 5.92 Å². The van der Waals surface area contributed by atoms with Crippen LogP contribution in [0.4, 0.5) is 0 Å². The summed E-state index contributed by atoms with van der Waals surface area (Å²) in [7, 11) is 0. The molecule has 0 fully saturated rings. The number of thiol groups is 1. The van der Waals surface area contributed by atoms with E-state index >= 15 is 0 Å². The zero-order valence-corrected chi connectivity index (χ0v) is 22.4. The number of aliphatic hydroxyl groups is 2. The number of rotatable bonds is 6. The van der Waals surface area contributed by atoms with Crippen LogP contribution < -0.4 is 0 Å². The fourth-order valence-corrected chi connectivity index (χ4v) is 5.38. The minimum atomic E-state index is -1.81. The molecule has 0 aromatic carbocycles. The number of carbonyl (C=O) groups excluding carboxylic acids is 2. The quantitative estimate of drug-likeness (QED) is 0.0843. The number of carbonyl (C=O) groups is 2. The molecule has 0 amide bonds. The predicted octanol–water partition coefficient (Wildman–Crippen LogP) is 4.56. The van der Waals surface area contributed by atoms with Gasteiger partial charge in [0.05, 0.1) is 0 Å². The normalized spacial score (nSPS) is 35.1. The fraction of sp³-hybridized carbons (Fsp3) is 0.600. The van der Waals surface area contributed by atoms with Crippen LogP contribution in [0.15, 0.2) is 47.2 Å². The zero-order chi connectivity index (χ0) is 27.2. The number of ketones is 1. The Kier molecular flexibility index (Phi) is 10.6. The molecule has 0 spiro atoms. The Labute approximate surface area is 221 Å². The van der Waals surface area contributed by atoms with Gasteiger partial charge in [0.15, 0.2) is 5.78 Å². The maximum Gasteiger partial charge on any atom is 0.317 e. The average Bonchev–Trinajstić information content (AvgIpc) is 2.82. The van der Waals surface area contributed by atoms with Gasteiger partial charge in [-0.3, -0.25) is 9.59 Å². The van der Waals surface area contributed by atoms with E-state index in [9.17, 15) is 29.9 Å². The highest BCUT2D eigenvalue weighted by atomic mass is 35.5. The van der Waals surface area contributed by atoms with Crippen molar-refractivity contribution in [1.29, 1.82) is 0 Å². The molecule has 36 heavy (non-hydrogen) atoms. The highest BCUT2D eigenvalue weighted by Gasteiger charge is 2.44. The Hall–Kier alpha value is -2.30. The van der Waals surface area contributed by atoms with Crippen LogP contribution in [0.25, 0.3) is 0 Å². The molecule has 0 aromatic heterocycles. The second kappa shape index (κ2) is 12.8. The molecule has 1 heterocycles. The van der Waals surface area contributed by atoms with Crippen molar-refractivity contribution >= 4 is 36.0 Å². The number of ether oxygens (including phenoxy) is 1. The van der Waals surface area contributed by atoms with Gasteiger partial charge in [-0.25, -0.2) is 0 Å². The lowest BCUT2D eigenvalue weighted by Gasteiger charge is -2.42. The van der Waals surface area contributed by atoms with Crippen LogP contribution in [-0.4, -0.2) is 44.7 Å². The molecular formula is C25H34ClNO8S. The fourth-order valence-electron chi connectivity index (χ4n) is 4.82. The molecule has 0 aromatic rings. The van der Waals surface area contributed by atoms with Gasteiger partial charge in [0.25, 0.3) is 5.09 Å². The molecule has 2 aliphatic rings. The molecule has 11 heteroatoms. The maximum atomic E-state index is 13.0. The number of cyclic esters (lactones) is 1. The highest BCUT2D eigenvalue weighted by Crippen LogP contribution is 2.47. The van der Waals surface area contributed by atoms with Gasteiger partial charge in [0.1, 0.15) is 34.4 Å². The first-order valence-corrected chi connectivity index (χ1v) is 12.7. The Bertz CT molecular complexity index is 960. The minimum absolute atomic E-state index is 0.00536. The molecule has 1 aliphatic carbocycles. The summed E-state index contributed by atoms with van der Waals surface area (Å²) in [4.78, 5) is 38.6. The molecule has 0 saturated heterocycles. The number of hydrogen-bond acceptors (Lipinski definition) is 9. The second-order valence-electron chi connectivity index (χ2n) is 9.46. The van der Waals surface area contributed by atoms with E-state index in [2.05, 4.69) is 17.5 Å². The number of Topliss-reactive ketones (excluding diaryl/α,β-unsaturated/α-hetero) is 1. The second-order valence-corrected chi connectivity index (χ2v) is 10.7. The number of nitrogens with zero attached hydrogens (tertiary/aromatic N) is 1. The van der Waals surface area contributed by atoms with E-state index in [4.69, 9.17) is 16.3 Å². The molecule has 1 aliphatic heterocycles. The van der Waals surface area contributed by atoms with E-state index in [1.54, 1.807) is 19.1 Å². The van der Waals surface area contributed by atoms with E-state index in [1.807, 2.05) is 38.2 Å². The lowest BCUT2D eigenvalue weighted by Crippen LogP contribution is -2.40. The molecule has 0 bridgehead atoms. The maximum absolute atomic E-state index is 13.0. The van der Waals surface area contributed by atoms with Gasteiger partial charge >= 0.3 is 5.97 Å². The lowest BCUT2D eigenvalue weighted by atomic mass is 9.64. The van der Waals surface area contributed by atoms with Crippen molar-refractivity contribution in [3.05, 3.63) is 57.4 Å². The summed E-state index contributed by atoms with van der Waals surface area (Å²) in [5.41, 5.74) is 0. The van der Waals surface area contributed by atoms with Crippen LogP contribution >= 0.6 is 24.2 Å². The van der Waals surface area contributed by atoms with E-state index in [0.29, 0.717) is 6.42 Å². The highest BCUT2D eigenvalue weighted by molar-refractivity contribution is 7.81. The van der Waals surface area contributed by atoms with E-state index in [-0.39, 0.29) is 35.9 Å². The third-order valence-corrected chi connectivity index (χ3v) is 7.45. The van der Waals surface area contributed by atoms with Crippen molar-refractivity contribution in [2.45, 2.75) is 51.6 Å². The monoisotopic (exact) mass is 543 g/mol. The van der Waals surface area contributed by atoms with Gasteiger partial charge < -0.3 is 19.8 Å². The third-order valence-electron chi connectivity index (χ3n) is 6.76. The topological polar surface area (TPSA) is 136 Å². The molecular weight excluding hydrogens is 510 g/mol. The van der Waals surface area contributed by atoms with Crippen molar-refractivity contribution in [2.75, 3.05) is 6.61 Å². The van der Waals surface area contributed by atoms with Gasteiger partial charge in [-0.05, 0) is 50.0 Å². The van der Waals surface area contributed by atoms with Crippen molar-refractivity contribution in [3.8, 4) is 0 Å². The van der Waals surface area contributed by atoms with Gasteiger partial charge in [0.2, 0.25) is 0 Å². The van der Waals surface area contributed by atoms with Crippen LogP contribution in [0.3, 0.4) is 0 Å². The number of aliphatic hydroxyl groups excluding tert-OH is 1. The van der Waals surface area contributed by atoms with Gasteiger partial charge in [-0.2, -0.15) is 0 Å². The number of fused-ring (bicyclic) bond motifs is 1. The summed E-state index contributed by atoms with van der Waals surface area (Å²) in [6, 6.07) is 0. The lowest BCUT2D eigenvalue weighted by molar-refractivity contribution is -0.760. The molecule has 200 valence electrons. The number of halogens is 1. The zero-order valence-electron chi connectivity index (χ0n) is 20.7. The molecule has 2 N–H and O–H groups in total. The smallest absolute Gasteiger partial charge is 0.317 e. The van der Waals surface area contributed by atoms with Crippen molar-refractivity contribution in [1.82, 2.24) is 0 Å². The Morgan fingerprint density at radius 3 is 2.44 bits per heavy atom. The summed E-state index contributed by atoms with van der Waals surface area (Å²) in [6.07, 6.45) is 11.0. The molecule has 0 saturated carbocycles. The van der Waals surface area contributed by atoms with E-state index in [1.165, 1.54) is 6.92 Å². The van der Waals surface area contributed by atoms with E-state index in [0.717, 1.165) is 0 Å². The summed E-state index contributed by atoms with van der Waals surface area (Å²) < 4.78 is 5.30. The predicted molar refractivity (Wildman–Crippen MR) is 138 cm³/mol. The minimum Gasteiger partial charge on any atom is -0.510 e. The summed E-state index contributed by atoms with van der Waals surface area (Å²) >= 11 is 10.6. The number of allylic oxidation sites excluding steroid dienone is 7. The average molecular weight is 544 g/mol. The Balaban J connectivity index is 2.55. The Morgan fingerprint density at radius 1 is 1.19 bits per heavy atom. The third kappa shape index (κ3) is 7.60. The SMILES string of the molecule is CC[C@H]1[C@@H]2C(O)=C(Cl)C(=O)[C@H](C)C(=O)O[C@@H](C)/C=C/C=C\[C@@H](C)[C@@H]2C=C[C@@H]1C[C@](O)(S)CO[N+](=O)[O-]. The molecule has 0 unspecified atom stereocenters. The number of hydrogen-bond donors (Lipinski definition) is 3. The van der Waals surface area contributed by atoms with E-state index < -0.39 is 51.4 Å². The van der Waals surface area contributed by atoms with Crippen molar-refractivity contribution in [2.24, 2.45) is 35.5 Å². The Morgan fingerprint density at radius 2 is 1.83 bits per heavy atom. The largest absolute Gasteiger partial charge is 0.510 e. The van der Waals surface area contributed by atoms with Crippen LogP contribution in [0.1, 0.15) is 40.5 Å². The number of esters is 1. The van der Waals surface area contributed by atoms with Crippen LogP contribution in [0.5, 0.6) is 0 Å².